The molecule has 1 unspecified atom stereocenters. The maximum atomic E-state index is 13.5. The Labute approximate surface area is 87.5 Å². The molecule has 0 aliphatic heterocycles. The molecule has 0 bridgehead atoms. The molecule has 3 heteroatoms. The molecule has 0 amide bonds. The number of hydrogen-bond donors (Lipinski definition) is 1. The summed E-state index contributed by atoms with van der Waals surface area (Å²) in [7, 11) is 0. The highest BCUT2D eigenvalue weighted by molar-refractivity contribution is 6.30. The van der Waals surface area contributed by atoms with E-state index in [2.05, 4.69) is 0 Å². The maximum absolute atomic E-state index is 13.5. The molecule has 0 heterocycles. The van der Waals surface area contributed by atoms with Crippen LogP contribution >= 0.6 is 11.6 Å². The van der Waals surface area contributed by atoms with E-state index in [4.69, 9.17) is 11.6 Å². The number of halogens is 2. The number of hydrogen-bond acceptors (Lipinski definition) is 1. The number of benzene rings is 1. The largest absolute Gasteiger partial charge is 0.385 e. The van der Waals surface area contributed by atoms with Crippen LogP contribution in [0.25, 0.3) is 0 Å². The van der Waals surface area contributed by atoms with Gasteiger partial charge in [0, 0.05) is 10.6 Å². The van der Waals surface area contributed by atoms with E-state index in [1.165, 1.54) is 6.07 Å². The highest BCUT2D eigenvalue weighted by atomic mass is 35.5. The molecule has 2 rings (SSSR count). The van der Waals surface area contributed by atoms with Crippen LogP contribution in [0.3, 0.4) is 0 Å². The zero-order valence-electron chi connectivity index (χ0n) is 7.93. The van der Waals surface area contributed by atoms with Gasteiger partial charge >= 0.3 is 0 Å². The summed E-state index contributed by atoms with van der Waals surface area (Å²) >= 11 is 5.64. The SMILES string of the molecule is CC(O)(c1ccc(Cl)cc1F)C1CC1. The predicted octanol–water partition coefficient (Wildman–Crippen LogP) is 3.10. The summed E-state index contributed by atoms with van der Waals surface area (Å²) in [6, 6.07) is 4.42. The molecule has 76 valence electrons. The molecule has 1 aromatic rings. The maximum Gasteiger partial charge on any atom is 0.130 e. The average Bonchev–Trinajstić information content (AvgIpc) is 2.84. The van der Waals surface area contributed by atoms with E-state index in [0.717, 1.165) is 12.8 Å². The van der Waals surface area contributed by atoms with Gasteiger partial charge in [-0.15, -0.1) is 0 Å². The van der Waals surface area contributed by atoms with Crippen molar-refractivity contribution in [1.29, 1.82) is 0 Å². The molecule has 1 aliphatic rings. The van der Waals surface area contributed by atoms with E-state index in [9.17, 15) is 9.50 Å². The lowest BCUT2D eigenvalue weighted by Crippen LogP contribution is -2.25. The molecule has 1 nitrogen and oxygen atoms in total. The van der Waals surface area contributed by atoms with Crippen molar-refractivity contribution in [3.8, 4) is 0 Å². The van der Waals surface area contributed by atoms with E-state index in [1.807, 2.05) is 0 Å². The third-order valence-electron chi connectivity index (χ3n) is 2.85. The van der Waals surface area contributed by atoms with Gasteiger partial charge in [0.15, 0.2) is 0 Å². The fourth-order valence-corrected chi connectivity index (χ4v) is 1.92. The molecule has 0 saturated heterocycles. The monoisotopic (exact) mass is 214 g/mol. The van der Waals surface area contributed by atoms with E-state index in [0.29, 0.717) is 10.6 Å². The third kappa shape index (κ3) is 1.64. The van der Waals surface area contributed by atoms with Crippen molar-refractivity contribution >= 4 is 11.6 Å². The Morgan fingerprint density at radius 3 is 2.64 bits per heavy atom. The molecule has 0 aromatic heterocycles. The first kappa shape index (κ1) is 9.94. The van der Waals surface area contributed by atoms with Gasteiger partial charge in [-0.3, -0.25) is 0 Å². The van der Waals surface area contributed by atoms with Crippen molar-refractivity contribution in [2.24, 2.45) is 5.92 Å². The van der Waals surface area contributed by atoms with Crippen molar-refractivity contribution in [2.45, 2.75) is 25.4 Å². The molecule has 1 fully saturated rings. The van der Waals surface area contributed by atoms with Gasteiger partial charge in [-0.2, -0.15) is 0 Å². The second kappa shape index (κ2) is 3.21. The summed E-state index contributed by atoms with van der Waals surface area (Å²) in [5.74, 6) is -0.229. The molecule has 14 heavy (non-hydrogen) atoms. The summed E-state index contributed by atoms with van der Waals surface area (Å²) in [6.45, 7) is 1.66. The smallest absolute Gasteiger partial charge is 0.130 e. The summed E-state index contributed by atoms with van der Waals surface area (Å²) in [5.41, 5.74) is -0.696. The molecule has 0 spiro atoms. The first-order valence-electron chi connectivity index (χ1n) is 4.69. The van der Waals surface area contributed by atoms with Crippen molar-refractivity contribution in [3.63, 3.8) is 0 Å². The normalized spacial score (nSPS) is 20.6. The second-order valence-electron chi connectivity index (χ2n) is 4.05. The molecular weight excluding hydrogens is 203 g/mol. The lowest BCUT2D eigenvalue weighted by Gasteiger charge is -2.24. The van der Waals surface area contributed by atoms with Crippen molar-refractivity contribution < 1.29 is 9.50 Å². The van der Waals surface area contributed by atoms with Crippen LogP contribution in [0.1, 0.15) is 25.3 Å². The van der Waals surface area contributed by atoms with Gasteiger partial charge in [-0.1, -0.05) is 17.7 Å². The Morgan fingerprint density at radius 2 is 2.14 bits per heavy atom. The van der Waals surface area contributed by atoms with Gasteiger partial charge in [0.25, 0.3) is 0 Å². The summed E-state index contributed by atoms with van der Waals surface area (Å²) in [4.78, 5) is 0. The quantitative estimate of drug-likeness (QED) is 0.802. The molecule has 1 atom stereocenters. The molecular formula is C11H12ClFO. The Balaban J connectivity index is 2.40. The van der Waals surface area contributed by atoms with Crippen molar-refractivity contribution in [3.05, 3.63) is 34.6 Å². The lowest BCUT2D eigenvalue weighted by atomic mass is 9.90. The van der Waals surface area contributed by atoms with Crippen LogP contribution in [-0.4, -0.2) is 5.11 Å². The molecule has 1 N–H and O–H groups in total. The Kier molecular flexibility index (Phi) is 2.28. The van der Waals surface area contributed by atoms with Crippen LogP contribution in [-0.2, 0) is 5.60 Å². The van der Waals surface area contributed by atoms with Crippen LogP contribution < -0.4 is 0 Å². The Morgan fingerprint density at radius 1 is 1.50 bits per heavy atom. The van der Waals surface area contributed by atoms with E-state index >= 15 is 0 Å². The summed E-state index contributed by atoms with van der Waals surface area (Å²) in [6.07, 6.45) is 1.93. The van der Waals surface area contributed by atoms with Crippen LogP contribution in [0.2, 0.25) is 5.02 Å². The van der Waals surface area contributed by atoms with Gasteiger partial charge in [-0.05, 0) is 37.8 Å². The first-order valence-corrected chi connectivity index (χ1v) is 5.07. The van der Waals surface area contributed by atoms with E-state index in [-0.39, 0.29) is 5.92 Å². The third-order valence-corrected chi connectivity index (χ3v) is 3.08. The van der Waals surface area contributed by atoms with Gasteiger partial charge in [-0.25, -0.2) is 4.39 Å². The first-order chi connectivity index (χ1) is 6.51. The lowest BCUT2D eigenvalue weighted by molar-refractivity contribution is 0.0295. The average molecular weight is 215 g/mol. The van der Waals surface area contributed by atoms with Gasteiger partial charge < -0.3 is 5.11 Å². The van der Waals surface area contributed by atoms with Crippen molar-refractivity contribution in [2.75, 3.05) is 0 Å². The van der Waals surface area contributed by atoms with E-state index < -0.39 is 11.4 Å². The minimum Gasteiger partial charge on any atom is -0.385 e. The zero-order valence-corrected chi connectivity index (χ0v) is 8.68. The summed E-state index contributed by atoms with van der Waals surface area (Å²) in [5, 5.41) is 10.5. The molecule has 1 aromatic carbocycles. The van der Waals surface area contributed by atoms with E-state index in [1.54, 1.807) is 19.1 Å². The predicted molar refractivity (Wildman–Crippen MR) is 53.7 cm³/mol. The molecule has 1 aliphatic carbocycles. The van der Waals surface area contributed by atoms with Gasteiger partial charge in [0.2, 0.25) is 0 Å². The fraction of sp³-hybridized carbons (Fsp3) is 0.455. The van der Waals surface area contributed by atoms with Crippen LogP contribution in [0.4, 0.5) is 4.39 Å². The number of rotatable bonds is 2. The highest BCUT2D eigenvalue weighted by Gasteiger charge is 2.42. The topological polar surface area (TPSA) is 20.2 Å². The second-order valence-corrected chi connectivity index (χ2v) is 4.48. The standard InChI is InChI=1S/C11H12ClFO/c1-11(14,7-2-3-7)9-5-4-8(12)6-10(9)13/h4-7,14H,2-3H2,1H3. The minimum atomic E-state index is -1.05. The molecule has 1 saturated carbocycles. The van der Waals surface area contributed by atoms with Crippen LogP contribution in [0, 0.1) is 11.7 Å². The minimum absolute atomic E-state index is 0.193. The molecule has 0 radical (unpaired) electrons. The Bertz CT molecular complexity index is 358. The highest BCUT2D eigenvalue weighted by Crippen LogP contribution is 2.46. The number of aliphatic hydroxyl groups is 1. The zero-order chi connectivity index (χ0) is 10.3. The van der Waals surface area contributed by atoms with Gasteiger partial charge in [0.1, 0.15) is 5.82 Å². The van der Waals surface area contributed by atoms with Gasteiger partial charge in [0.05, 0.1) is 5.60 Å². The Hall–Kier alpha value is -0.600. The summed E-state index contributed by atoms with van der Waals surface area (Å²) < 4.78 is 13.5. The van der Waals surface area contributed by atoms with Crippen LogP contribution in [0.5, 0.6) is 0 Å². The van der Waals surface area contributed by atoms with Crippen molar-refractivity contribution in [1.82, 2.24) is 0 Å². The fourth-order valence-electron chi connectivity index (χ4n) is 1.77. The van der Waals surface area contributed by atoms with Crippen LogP contribution in [0.15, 0.2) is 18.2 Å².